The molecule has 1 aliphatic carbocycles. The van der Waals surface area contributed by atoms with Crippen molar-refractivity contribution in [2.75, 3.05) is 19.6 Å². The number of hydrogen-bond acceptors (Lipinski definition) is 6. The molecule has 39 heavy (non-hydrogen) atoms. The van der Waals surface area contributed by atoms with Gasteiger partial charge in [-0.1, -0.05) is 33.6 Å². The number of furan rings is 1. The standard InChI is InChI=1S/C30H28BrClN2O5/c31-19-5-10-26-22(15-19)21-13-17(3-8-25(21)39-26)29(36)30(37)33-24(16-34-11-1-2-12-34)28(35)18-4-9-27(23(32)14-18)38-20-6-7-20/h3-5,8-10,13-15,20,24,28,35H,1-2,6-7,11-12,16H2,(H,33,37)/t24-,28-/m1/s1. The van der Waals surface area contributed by atoms with Crippen LogP contribution in [-0.4, -0.2) is 53.5 Å². The number of hydrogen-bond donors (Lipinski definition) is 2. The highest BCUT2D eigenvalue weighted by Gasteiger charge is 2.30. The van der Waals surface area contributed by atoms with Crippen molar-refractivity contribution in [2.24, 2.45) is 0 Å². The number of amides is 1. The zero-order chi connectivity index (χ0) is 27.1. The van der Waals surface area contributed by atoms with Gasteiger partial charge < -0.3 is 24.5 Å². The zero-order valence-electron chi connectivity index (χ0n) is 21.2. The SMILES string of the molecule is O=C(N[C@H](CN1CCCC1)[C@H](O)c1ccc(OC2CC2)c(Cl)c1)C(=O)c1ccc2oc3ccc(Br)cc3c2c1. The van der Waals surface area contributed by atoms with E-state index in [0.29, 0.717) is 34.0 Å². The molecule has 1 aliphatic heterocycles. The average molecular weight is 612 g/mol. The van der Waals surface area contributed by atoms with Crippen LogP contribution in [0.2, 0.25) is 5.02 Å². The first kappa shape index (κ1) is 26.3. The second-order valence-corrected chi connectivity index (χ2v) is 11.6. The molecular weight excluding hydrogens is 584 g/mol. The van der Waals surface area contributed by atoms with E-state index in [1.54, 1.807) is 36.4 Å². The maximum absolute atomic E-state index is 13.3. The topological polar surface area (TPSA) is 92.0 Å². The van der Waals surface area contributed by atoms with E-state index in [-0.39, 0.29) is 11.7 Å². The molecule has 3 aromatic carbocycles. The molecule has 1 saturated carbocycles. The first-order chi connectivity index (χ1) is 18.9. The molecule has 2 heterocycles. The Morgan fingerprint density at radius 3 is 2.49 bits per heavy atom. The van der Waals surface area contributed by atoms with Crippen LogP contribution >= 0.6 is 27.5 Å². The van der Waals surface area contributed by atoms with Gasteiger partial charge in [0.1, 0.15) is 23.0 Å². The number of carbonyl (C=O) groups is 2. The van der Waals surface area contributed by atoms with Crippen molar-refractivity contribution in [3.05, 3.63) is 75.2 Å². The van der Waals surface area contributed by atoms with E-state index in [9.17, 15) is 14.7 Å². The van der Waals surface area contributed by atoms with Crippen LogP contribution in [-0.2, 0) is 4.79 Å². The normalized spacial score (nSPS) is 17.4. The third kappa shape index (κ3) is 5.70. The molecule has 0 spiro atoms. The van der Waals surface area contributed by atoms with Gasteiger partial charge in [0, 0.05) is 27.4 Å². The smallest absolute Gasteiger partial charge is 0.292 e. The number of carbonyl (C=O) groups excluding carboxylic acids is 2. The Labute approximate surface area is 239 Å². The molecule has 0 bridgehead atoms. The molecule has 6 rings (SSSR count). The molecule has 2 N–H and O–H groups in total. The Balaban J connectivity index is 1.23. The molecular formula is C30H28BrClN2O5. The largest absolute Gasteiger partial charge is 0.489 e. The second kappa shape index (κ2) is 10.9. The van der Waals surface area contributed by atoms with Crippen LogP contribution in [0.4, 0.5) is 0 Å². The molecule has 7 nitrogen and oxygen atoms in total. The van der Waals surface area contributed by atoms with Gasteiger partial charge in [-0.3, -0.25) is 9.59 Å². The maximum atomic E-state index is 13.3. The van der Waals surface area contributed by atoms with Crippen molar-refractivity contribution in [3.8, 4) is 5.75 Å². The van der Waals surface area contributed by atoms with E-state index in [2.05, 4.69) is 26.1 Å². The Morgan fingerprint density at radius 2 is 1.77 bits per heavy atom. The molecule has 4 aromatic rings. The highest BCUT2D eigenvalue weighted by molar-refractivity contribution is 9.10. The van der Waals surface area contributed by atoms with Crippen LogP contribution in [0.1, 0.15) is 47.7 Å². The number of nitrogens with one attached hydrogen (secondary N) is 1. The number of halogens is 2. The first-order valence-electron chi connectivity index (χ1n) is 13.2. The molecule has 1 amide bonds. The molecule has 0 unspecified atom stereocenters. The van der Waals surface area contributed by atoms with Crippen molar-refractivity contribution in [2.45, 2.75) is 43.9 Å². The van der Waals surface area contributed by atoms with Crippen LogP contribution < -0.4 is 10.1 Å². The monoisotopic (exact) mass is 610 g/mol. The summed E-state index contributed by atoms with van der Waals surface area (Å²) in [5.41, 5.74) is 2.13. The lowest BCUT2D eigenvalue weighted by molar-refractivity contribution is -0.118. The lowest BCUT2D eigenvalue weighted by Gasteiger charge is -2.28. The fourth-order valence-corrected chi connectivity index (χ4v) is 5.71. The summed E-state index contributed by atoms with van der Waals surface area (Å²) in [5, 5.41) is 16.2. The predicted octanol–water partition coefficient (Wildman–Crippen LogP) is 6.04. The fraction of sp³-hybridized carbons (Fsp3) is 0.333. The Bertz CT molecular complexity index is 1560. The molecule has 9 heteroatoms. The molecule has 0 radical (unpaired) electrons. The number of aliphatic hydroxyl groups excluding tert-OH is 1. The number of likely N-dealkylation sites (tertiary alicyclic amines) is 1. The van der Waals surface area contributed by atoms with Gasteiger partial charge in [0.05, 0.1) is 17.2 Å². The predicted molar refractivity (Wildman–Crippen MR) is 153 cm³/mol. The Hall–Kier alpha value is -2.91. The third-order valence-electron chi connectivity index (χ3n) is 7.37. The molecule has 202 valence electrons. The van der Waals surface area contributed by atoms with Gasteiger partial charge in [-0.2, -0.15) is 0 Å². The van der Waals surface area contributed by atoms with Crippen LogP contribution in [0.3, 0.4) is 0 Å². The molecule has 1 saturated heterocycles. The van der Waals surface area contributed by atoms with Crippen LogP contribution in [0.5, 0.6) is 5.75 Å². The highest BCUT2D eigenvalue weighted by Crippen LogP contribution is 2.35. The number of Topliss-reactive ketones (excluding diaryl/α,β-unsaturated/α-hetero) is 1. The summed E-state index contributed by atoms with van der Waals surface area (Å²) in [6.07, 6.45) is 3.28. The van der Waals surface area contributed by atoms with Crippen molar-refractivity contribution < 1.29 is 23.8 Å². The van der Waals surface area contributed by atoms with Gasteiger partial charge >= 0.3 is 0 Å². The van der Waals surface area contributed by atoms with E-state index in [0.717, 1.165) is 54.0 Å². The molecule has 2 aliphatic rings. The number of ketones is 1. The van der Waals surface area contributed by atoms with E-state index < -0.39 is 23.8 Å². The molecule has 2 fully saturated rings. The van der Waals surface area contributed by atoms with Crippen LogP contribution in [0, 0.1) is 0 Å². The van der Waals surface area contributed by atoms with Gasteiger partial charge in [0.2, 0.25) is 5.78 Å². The Kier molecular flexibility index (Phi) is 7.37. The summed E-state index contributed by atoms with van der Waals surface area (Å²) < 4.78 is 12.6. The summed E-state index contributed by atoms with van der Waals surface area (Å²) >= 11 is 9.92. The number of ether oxygens (including phenoxy) is 1. The van der Waals surface area contributed by atoms with Crippen molar-refractivity contribution in [1.82, 2.24) is 10.2 Å². The van der Waals surface area contributed by atoms with Crippen LogP contribution in [0.15, 0.2) is 63.5 Å². The van der Waals surface area contributed by atoms with E-state index in [1.165, 1.54) is 0 Å². The van der Waals surface area contributed by atoms with Crippen molar-refractivity contribution >= 4 is 61.2 Å². The lowest BCUT2D eigenvalue weighted by Crippen LogP contribution is -2.48. The summed E-state index contributed by atoms with van der Waals surface area (Å²) in [5.74, 6) is -0.864. The molecule has 1 aromatic heterocycles. The number of nitrogens with zero attached hydrogens (tertiary/aromatic N) is 1. The second-order valence-electron chi connectivity index (χ2n) is 10.3. The maximum Gasteiger partial charge on any atom is 0.292 e. The summed E-state index contributed by atoms with van der Waals surface area (Å²) in [4.78, 5) is 28.7. The zero-order valence-corrected chi connectivity index (χ0v) is 23.5. The van der Waals surface area contributed by atoms with Gasteiger partial charge in [-0.25, -0.2) is 0 Å². The van der Waals surface area contributed by atoms with Gasteiger partial charge in [-0.05, 0) is 92.9 Å². The molecule has 2 atom stereocenters. The highest BCUT2D eigenvalue weighted by atomic mass is 79.9. The van der Waals surface area contributed by atoms with Crippen molar-refractivity contribution in [1.29, 1.82) is 0 Å². The van der Waals surface area contributed by atoms with E-state index in [4.69, 9.17) is 20.8 Å². The van der Waals surface area contributed by atoms with Gasteiger partial charge in [-0.15, -0.1) is 0 Å². The minimum Gasteiger partial charge on any atom is -0.489 e. The average Bonchev–Trinajstić information content (AvgIpc) is 3.46. The number of aliphatic hydroxyl groups is 1. The summed E-state index contributed by atoms with van der Waals surface area (Å²) in [6.45, 7) is 2.17. The van der Waals surface area contributed by atoms with Gasteiger partial charge in [0.15, 0.2) is 0 Å². The summed E-state index contributed by atoms with van der Waals surface area (Å²) in [6, 6.07) is 15.1. The number of benzene rings is 3. The van der Waals surface area contributed by atoms with Crippen molar-refractivity contribution in [3.63, 3.8) is 0 Å². The van der Waals surface area contributed by atoms with Crippen LogP contribution in [0.25, 0.3) is 21.9 Å². The number of rotatable bonds is 9. The van der Waals surface area contributed by atoms with Gasteiger partial charge in [0.25, 0.3) is 5.91 Å². The fourth-order valence-electron chi connectivity index (χ4n) is 5.12. The first-order valence-corrected chi connectivity index (χ1v) is 14.4. The minimum atomic E-state index is -1.06. The van der Waals surface area contributed by atoms with E-state index in [1.807, 2.05) is 18.2 Å². The lowest BCUT2D eigenvalue weighted by atomic mass is 10.0. The van der Waals surface area contributed by atoms with E-state index >= 15 is 0 Å². The number of fused-ring (bicyclic) bond motifs is 3. The minimum absolute atomic E-state index is 0.201. The third-order valence-corrected chi connectivity index (χ3v) is 8.15. The summed E-state index contributed by atoms with van der Waals surface area (Å²) in [7, 11) is 0. The Morgan fingerprint density at radius 1 is 1.05 bits per heavy atom. The quantitative estimate of drug-likeness (QED) is 0.177.